The molecule has 6 rings (SSSR count). The van der Waals surface area contributed by atoms with Crippen LogP contribution in [-0.2, 0) is 6.54 Å². The van der Waals surface area contributed by atoms with E-state index >= 15 is 0 Å². The Bertz CT molecular complexity index is 1140. The van der Waals surface area contributed by atoms with Gasteiger partial charge in [0.05, 0.1) is 11.8 Å². The Hall–Kier alpha value is -2.82. The number of piperidine rings is 1. The van der Waals surface area contributed by atoms with Gasteiger partial charge in [0.2, 0.25) is 5.72 Å². The zero-order valence-corrected chi connectivity index (χ0v) is 18.7. The summed E-state index contributed by atoms with van der Waals surface area (Å²) in [4.78, 5) is 2.52. The van der Waals surface area contributed by atoms with Gasteiger partial charge in [0.25, 0.3) is 0 Å². The second-order valence-corrected chi connectivity index (χ2v) is 9.41. The first-order valence-corrected chi connectivity index (χ1v) is 11.7. The third-order valence-corrected chi connectivity index (χ3v) is 7.19. The minimum absolute atomic E-state index is 0.160. The highest BCUT2D eigenvalue weighted by atomic mass is 35.5. The predicted molar refractivity (Wildman–Crippen MR) is 128 cm³/mol. The Balaban J connectivity index is 1.31. The van der Waals surface area contributed by atoms with Crippen molar-refractivity contribution in [2.45, 2.75) is 37.6 Å². The molecule has 0 radical (unpaired) electrons. The Labute approximate surface area is 194 Å². The van der Waals surface area contributed by atoms with E-state index in [1.54, 1.807) is 0 Å². The van der Waals surface area contributed by atoms with E-state index in [1.165, 1.54) is 11.1 Å². The van der Waals surface area contributed by atoms with Crippen LogP contribution in [0.15, 0.2) is 84.0 Å². The molecule has 1 saturated heterocycles. The van der Waals surface area contributed by atoms with Crippen molar-refractivity contribution in [3.8, 4) is 5.75 Å². The van der Waals surface area contributed by atoms with Gasteiger partial charge in [0.1, 0.15) is 5.75 Å². The van der Waals surface area contributed by atoms with Crippen LogP contribution in [-0.4, -0.2) is 34.4 Å². The summed E-state index contributed by atoms with van der Waals surface area (Å²) in [6, 6.07) is 27.4. The molecule has 3 aromatic rings. The van der Waals surface area contributed by atoms with E-state index in [9.17, 15) is 0 Å². The lowest BCUT2D eigenvalue weighted by Crippen LogP contribution is -2.59. The monoisotopic (exact) mass is 443 g/mol. The normalized spacial score (nSPS) is 21.6. The molecule has 1 unspecified atom stereocenters. The van der Waals surface area contributed by atoms with Crippen molar-refractivity contribution in [2.24, 2.45) is 5.10 Å². The molecule has 0 N–H and O–H groups in total. The molecule has 1 fully saturated rings. The van der Waals surface area contributed by atoms with Gasteiger partial charge in [-0.2, -0.15) is 5.10 Å². The molecule has 0 amide bonds. The third kappa shape index (κ3) is 3.48. The molecule has 0 aromatic heterocycles. The zero-order valence-electron chi connectivity index (χ0n) is 18.0. The van der Waals surface area contributed by atoms with E-state index in [0.29, 0.717) is 0 Å². The van der Waals surface area contributed by atoms with Crippen molar-refractivity contribution < 1.29 is 4.74 Å². The minimum atomic E-state index is -0.408. The van der Waals surface area contributed by atoms with Crippen molar-refractivity contribution >= 4 is 17.3 Å². The lowest BCUT2D eigenvalue weighted by molar-refractivity contribution is -0.150. The number of hydrogen-bond donors (Lipinski definition) is 0. The number of likely N-dealkylation sites (tertiary alicyclic amines) is 1. The predicted octanol–water partition coefficient (Wildman–Crippen LogP) is 5.88. The van der Waals surface area contributed by atoms with Gasteiger partial charge in [0.15, 0.2) is 0 Å². The topological polar surface area (TPSA) is 28.1 Å². The van der Waals surface area contributed by atoms with E-state index in [-0.39, 0.29) is 6.04 Å². The molecule has 3 aromatic carbocycles. The van der Waals surface area contributed by atoms with Gasteiger partial charge >= 0.3 is 0 Å². The van der Waals surface area contributed by atoms with E-state index in [4.69, 9.17) is 21.4 Å². The molecule has 162 valence electrons. The highest BCUT2D eigenvalue weighted by Gasteiger charge is 2.51. The van der Waals surface area contributed by atoms with Crippen molar-refractivity contribution in [1.82, 2.24) is 9.91 Å². The maximum absolute atomic E-state index is 6.75. The minimum Gasteiger partial charge on any atom is -0.466 e. The molecular weight excluding hydrogens is 418 g/mol. The second-order valence-electron chi connectivity index (χ2n) is 8.97. The molecule has 1 atom stereocenters. The number of ether oxygens (including phenoxy) is 1. The molecule has 3 heterocycles. The first-order valence-electron chi connectivity index (χ1n) is 11.4. The van der Waals surface area contributed by atoms with Gasteiger partial charge in [-0.3, -0.25) is 4.90 Å². The molecule has 3 aliphatic heterocycles. The first-order chi connectivity index (χ1) is 15.7. The number of hydrazone groups is 1. The average molecular weight is 444 g/mol. The summed E-state index contributed by atoms with van der Waals surface area (Å²) in [6.07, 6.45) is 2.71. The van der Waals surface area contributed by atoms with Crippen LogP contribution in [0.1, 0.15) is 42.0 Å². The highest BCUT2D eigenvalue weighted by molar-refractivity contribution is 6.30. The van der Waals surface area contributed by atoms with Crippen LogP contribution < -0.4 is 4.74 Å². The number of nitrogens with zero attached hydrogens (tertiary/aromatic N) is 3. The van der Waals surface area contributed by atoms with Crippen LogP contribution in [0, 0.1) is 0 Å². The van der Waals surface area contributed by atoms with Crippen LogP contribution in [0.5, 0.6) is 5.75 Å². The summed E-state index contributed by atoms with van der Waals surface area (Å²) in [5, 5.41) is 8.16. The van der Waals surface area contributed by atoms with E-state index in [2.05, 4.69) is 76.6 Å². The van der Waals surface area contributed by atoms with Crippen LogP contribution in [0.3, 0.4) is 0 Å². The summed E-state index contributed by atoms with van der Waals surface area (Å²) in [7, 11) is 0. The molecule has 0 bridgehead atoms. The van der Waals surface area contributed by atoms with E-state index in [0.717, 1.165) is 60.9 Å². The van der Waals surface area contributed by atoms with Crippen molar-refractivity contribution in [3.05, 3.63) is 101 Å². The third-order valence-electron chi connectivity index (χ3n) is 6.95. The summed E-state index contributed by atoms with van der Waals surface area (Å²) < 4.78 is 6.75. The van der Waals surface area contributed by atoms with Crippen LogP contribution in [0.25, 0.3) is 0 Å². The lowest BCUT2D eigenvalue weighted by atomic mass is 9.90. The van der Waals surface area contributed by atoms with Gasteiger partial charge < -0.3 is 4.74 Å². The maximum Gasteiger partial charge on any atom is 0.200 e. The fourth-order valence-corrected chi connectivity index (χ4v) is 5.47. The smallest absolute Gasteiger partial charge is 0.200 e. The van der Waals surface area contributed by atoms with Crippen LogP contribution in [0.4, 0.5) is 0 Å². The standard InChI is InChI=1S/C27H26ClN3O/c28-22-11-12-26-23(17-22)25-18-24(21-9-5-2-6-10-21)29-31(25)27(32-26)13-15-30(16-14-27)19-20-7-3-1-4-8-20/h1-12,17,25H,13-16,18-19H2. The molecule has 0 saturated carbocycles. The SMILES string of the molecule is Clc1ccc2c(c1)C1CC(c3ccccc3)=NN1C1(CCN(Cc3ccccc3)CC1)O2. The maximum atomic E-state index is 6.75. The quantitative estimate of drug-likeness (QED) is 0.506. The molecule has 5 heteroatoms. The summed E-state index contributed by atoms with van der Waals surface area (Å²) >= 11 is 6.38. The fourth-order valence-electron chi connectivity index (χ4n) is 5.29. The molecule has 3 aliphatic rings. The van der Waals surface area contributed by atoms with E-state index < -0.39 is 5.72 Å². The molecule has 1 spiro atoms. The Morgan fingerprint density at radius 1 is 0.938 bits per heavy atom. The van der Waals surface area contributed by atoms with Gasteiger partial charge in [-0.25, -0.2) is 5.01 Å². The largest absolute Gasteiger partial charge is 0.466 e. The number of halogens is 1. The number of benzene rings is 3. The average Bonchev–Trinajstić information content (AvgIpc) is 3.30. The summed E-state index contributed by atoms with van der Waals surface area (Å²) in [6.45, 7) is 2.94. The van der Waals surface area contributed by atoms with Crippen molar-refractivity contribution in [1.29, 1.82) is 0 Å². The van der Waals surface area contributed by atoms with Gasteiger partial charge in [-0.15, -0.1) is 0 Å². The Kier molecular flexibility index (Phi) is 4.93. The Morgan fingerprint density at radius 2 is 1.66 bits per heavy atom. The second kappa shape index (κ2) is 7.95. The van der Waals surface area contributed by atoms with Crippen molar-refractivity contribution in [3.63, 3.8) is 0 Å². The van der Waals surface area contributed by atoms with Crippen LogP contribution in [0.2, 0.25) is 5.02 Å². The molecule has 4 nitrogen and oxygen atoms in total. The number of hydrogen-bond acceptors (Lipinski definition) is 4. The van der Waals surface area contributed by atoms with Gasteiger partial charge in [0, 0.05) is 49.5 Å². The first kappa shape index (κ1) is 19.8. The fraction of sp³-hybridized carbons (Fsp3) is 0.296. The molecular formula is C27H26ClN3O. The summed E-state index contributed by atoms with van der Waals surface area (Å²) in [5.41, 5.74) is 4.40. The zero-order chi connectivity index (χ0) is 21.5. The Morgan fingerprint density at radius 3 is 2.41 bits per heavy atom. The van der Waals surface area contributed by atoms with Crippen LogP contribution >= 0.6 is 11.6 Å². The van der Waals surface area contributed by atoms with E-state index in [1.807, 2.05) is 12.1 Å². The molecule has 0 aliphatic carbocycles. The van der Waals surface area contributed by atoms with Gasteiger partial charge in [-0.1, -0.05) is 72.3 Å². The van der Waals surface area contributed by atoms with Crippen molar-refractivity contribution in [2.75, 3.05) is 13.1 Å². The molecule has 32 heavy (non-hydrogen) atoms. The summed E-state index contributed by atoms with van der Waals surface area (Å²) in [5.74, 6) is 0.955. The van der Waals surface area contributed by atoms with Gasteiger partial charge in [-0.05, 0) is 29.3 Å². The highest BCUT2D eigenvalue weighted by Crippen LogP contribution is 2.50. The number of fused-ring (bicyclic) bond motifs is 4. The number of rotatable bonds is 3. The lowest BCUT2D eigenvalue weighted by Gasteiger charge is -2.51.